The number of amides is 2. The number of nitrogens with zero attached hydrogens (tertiary/aromatic N) is 2. The van der Waals surface area contributed by atoms with Crippen molar-refractivity contribution in [2.45, 2.75) is 70.2 Å². The third kappa shape index (κ3) is 8.51. The predicted octanol–water partition coefficient (Wildman–Crippen LogP) is 6.58. The Kier molecular flexibility index (Phi) is 11.3. The molecule has 1 N–H and O–H groups in total. The van der Waals surface area contributed by atoms with E-state index in [0.29, 0.717) is 27.4 Å². The molecule has 3 aromatic rings. The van der Waals surface area contributed by atoms with Crippen LogP contribution < -0.4 is 9.62 Å². The summed E-state index contributed by atoms with van der Waals surface area (Å²) in [4.78, 5) is 28.4. The van der Waals surface area contributed by atoms with Gasteiger partial charge in [-0.15, -0.1) is 0 Å². The van der Waals surface area contributed by atoms with Crippen LogP contribution in [-0.4, -0.2) is 43.8 Å². The predicted molar refractivity (Wildman–Crippen MR) is 161 cm³/mol. The van der Waals surface area contributed by atoms with Crippen molar-refractivity contribution in [3.05, 3.63) is 94.5 Å². The van der Waals surface area contributed by atoms with Crippen LogP contribution in [-0.2, 0) is 32.3 Å². The number of aryl methyl sites for hydroxylation is 1. The van der Waals surface area contributed by atoms with Gasteiger partial charge in [-0.25, -0.2) is 8.42 Å². The second-order valence-electron chi connectivity index (χ2n) is 10.2. The van der Waals surface area contributed by atoms with Crippen LogP contribution in [0, 0.1) is 6.92 Å². The van der Waals surface area contributed by atoms with Crippen molar-refractivity contribution in [1.29, 1.82) is 0 Å². The van der Waals surface area contributed by atoms with Crippen LogP contribution in [0.15, 0.2) is 77.7 Å². The number of halogens is 4. The monoisotopic (exact) mass is 637 g/mol. The second-order valence-corrected chi connectivity index (χ2v) is 12.5. The normalized spacial score (nSPS) is 13.2. The number of nitrogens with one attached hydrogen (secondary N) is 1. The van der Waals surface area contributed by atoms with Crippen molar-refractivity contribution in [3.8, 4) is 0 Å². The Labute approximate surface area is 255 Å². The summed E-state index contributed by atoms with van der Waals surface area (Å²) in [6.45, 7) is 6.17. The molecule has 12 heteroatoms. The molecule has 0 aromatic heterocycles. The Morgan fingerprint density at radius 3 is 2.19 bits per heavy atom. The van der Waals surface area contributed by atoms with Crippen molar-refractivity contribution in [3.63, 3.8) is 0 Å². The fourth-order valence-corrected chi connectivity index (χ4v) is 5.98. The molecule has 0 saturated heterocycles. The standard InChI is InChI=1S/C31H35ClF3N3O4S/c1-5-22(4)36-30(40)28(6-2)37(19-23-10-7-8-13-27(23)32)29(39)20-38(25-12-9-11-24(18-25)31(33,34)35)43(41,42)26-16-14-21(3)15-17-26/h7-18,22,28H,5-6,19-20H2,1-4H3,(H,36,40)/t22-,28-/m0/s1. The van der Waals surface area contributed by atoms with Crippen LogP contribution in [0.2, 0.25) is 5.02 Å². The Balaban J connectivity index is 2.13. The van der Waals surface area contributed by atoms with Gasteiger partial charge in [-0.1, -0.05) is 67.4 Å². The molecule has 0 aliphatic carbocycles. The highest BCUT2D eigenvalue weighted by molar-refractivity contribution is 7.92. The van der Waals surface area contributed by atoms with Gasteiger partial charge in [0.05, 0.1) is 16.1 Å². The molecule has 3 rings (SSSR count). The summed E-state index contributed by atoms with van der Waals surface area (Å²) in [7, 11) is -4.53. The summed E-state index contributed by atoms with van der Waals surface area (Å²) in [6.07, 6.45) is -3.93. The van der Waals surface area contributed by atoms with Crippen molar-refractivity contribution >= 4 is 39.1 Å². The van der Waals surface area contributed by atoms with Gasteiger partial charge < -0.3 is 10.2 Å². The summed E-state index contributed by atoms with van der Waals surface area (Å²) in [5.41, 5.74) is -0.142. The van der Waals surface area contributed by atoms with Gasteiger partial charge in [0.2, 0.25) is 11.8 Å². The molecule has 0 fully saturated rings. The first-order valence-electron chi connectivity index (χ1n) is 13.8. The van der Waals surface area contributed by atoms with E-state index in [9.17, 15) is 31.2 Å². The van der Waals surface area contributed by atoms with Gasteiger partial charge >= 0.3 is 6.18 Å². The highest BCUT2D eigenvalue weighted by Gasteiger charge is 2.36. The van der Waals surface area contributed by atoms with E-state index in [1.807, 2.05) is 13.8 Å². The Morgan fingerprint density at radius 2 is 1.60 bits per heavy atom. The molecule has 7 nitrogen and oxygen atoms in total. The molecule has 0 aliphatic heterocycles. The van der Waals surface area contributed by atoms with Gasteiger partial charge in [0.1, 0.15) is 12.6 Å². The third-order valence-electron chi connectivity index (χ3n) is 7.03. The summed E-state index contributed by atoms with van der Waals surface area (Å²) in [5.74, 6) is -1.23. The van der Waals surface area contributed by atoms with Crippen molar-refractivity contribution in [2.24, 2.45) is 0 Å². The molecule has 3 aromatic carbocycles. The lowest BCUT2D eigenvalue weighted by molar-refractivity contribution is -0.140. The Morgan fingerprint density at radius 1 is 0.953 bits per heavy atom. The van der Waals surface area contributed by atoms with E-state index in [1.54, 1.807) is 50.2 Å². The summed E-state index contributed by atoms with van der Waals surface area (Å²) in [6, 6.07) is 15.0. The van der Waals surface area contributed by atoms with E-state index in [2.05, 4.69) is 5.32 Å². The van der Waals surface area contributed by atoms with Gasteiger partial charge in [-0.3, -0.25) is 13.9 Å². The maximum atomic E-state index is 14.1. The zero-order chi connectivity index (χ0) is 31.9. The zero-order valence-corrected chi connectivity index (χ0v) is 25.9. The maximum Gasteiger partial charge on any atom is 0.416 e. The minimum atomic E-state index is -4.75. The highest BCUT2D eigenvalue weighted by Crippen LogP contribution is 2.33. The number of hydrogen-bond acceptors (Lipinski definition) is 4. The number of carbonyl (C=O) groups is 2. The maximum absolute atomic E-state index is 14.1. The van der Waals surface area contributed by atoms with Gasteiger partial charge in [-0.2, -0.15) is 13.2 Å². The first-order valence-corrected chi connectivity index (χ1v) is 15.6. The van der Waals surface area contributed by atoms with Crippen LogP contribution in [0.5, 0.6) is 0 Å². The molecule has 0 heterocycles. The number of alkyl halides is 3. The number of hydrogen-bond donors (Lipinski definition) is 1. The molecule has 0 unspecified atom stereocenters. The zero-order valence-electron chi connectivity index (χ0n) is 24.4. The van der Waals surface area contributed by atoms with Crippen molar-refractivity contribution in [1.82, 2.24) is 10.2 Å². The van der Waals surface area contributed by atoms with E-state index in [4.69, 9.17) is 11.6 Å². The van der Waals surface area contributed by atoms with Crippen molar-refractivity contribution < 1.29 is 31.2 Å². The number of benzene rings is 3. The lowest BCUT2D eigenvalue weighted by atomic mass is 10.1. The van der Waals surface area contributed by atoms with Crippen LogP contribution in [0.1, 0.15) is 50.3 Å². The van der Waals surface area contributed by atoms with Crippen LogP contribution >= 0.6 is 11.6 Å². The van der Waals surface area contributed by atoms with Gasteiger partial charge in [0.25, 0.3) is 10.0 Å². The fraction of sp³-hybridized carbons (Fsp3) is 0.355. The number of sulfonamides is 1. The number of carbonyl (C=O) groups excluding carboxylic acids is 2. The van der Waals surface area contributed by atoms with Crippen molar-refractivity contribution in [2.75, 3.05) is 10.8 Å². The fourth-order valence-electron chi connectivity index (χ4n) is 4.37. The lowest BCUT2D eigenvalue weighted by Gasteiger charge is -2.34. The lowest BCUT2D eigenvalue weighted by Crippen LogP contribution is -2.53. The molecule has 2 amide bonds. The van der Waals surface area contributed by atoms with Crippen LogP contribution in [0.3, 0.4) is 0 Å². The quantitative estimate of drug-likeness (QED) is 0.243. The average Bonchev–Trinajstić information content (AvgIpc) is 2.96. The molecule has 0 spiro atoms. The Bertz CT molecular complexity index is 1530. The van der Waals surface area contributed by atoms with E-state index in [-0.39, 0.29) is 29.6 Å². The van der Waals surface area contributed by atoms with E-state index in [1.165, 1.54) is 23.1 Å². The van der Waals surface area contributed by atoms with E-state index in [0.717, 1.165) is 17.7 Å². The molecule has 0 aliphatic rings. The number of anilines is 1. The molecule has 43 heavy (non-hydrogen) atoms. The van der Waals surface area contributed by atoms with E-state index >= 15 is 0 Å². The summed E-state index contributed by atoms with van der Waals surface area (Å²) >= 11 is 6.38. The average molecular weight is 638 g/mol. The molecule has 232 valence electrons. The Hall–Kier alpha value is -3.57. The first kappa shape index (κ1) is 33.9. The van der Waals surface area contributed by atoms with Gasteiger partial charge in [0, 0.05) is 17.6 Å². The first-order chi connectivity index (χ1) is 20.2. The topological polar surface area (TPSA) is 86.8 Å². The molecular formula is C31H35ClF3N3O4S. The molecule has 2 atom stereocenters. The summed E-state index contributed by atoms with van der Waals surface area (Å²) < 4.78 is 69.4. The van der Waals surface area contributed by atoms with Gasteiger partial charge in [0.15, 0.2) is 0 Å². The van der Waals surface area contributed by atoms with Crippen LogP contribution in [0.4, 0.5) is 18.9 Å². The van der Waals surface area contributed by atoms with Crippen LogP contribution in [0.25, 0.3) is 0 Å². The minimum Gasteiger partial charge on any atom is -0.352 e. The smallest absolute Gasteiger partial charge is 0.352 e. The summed E-state index contributed by atoms with van der Waals surface area (Å²) in [5, 5.41) is 3.20. The molecule has 0 saturated carbocycles. The van der Waals surface area contributed by atoms with E-state index < -0.39 is 46.2 Å². The largest absolute Gasteiger partial charge is 0.416 e. The molecule has 0 bridgehead atoms. The molecular weight excluding hydrogens is 603 g/mol. The second kappa shape index (κ2) is 14.3. The SMILES string of the molecule is CC[C@H](C)NC(=O)[C@H](CC)N(Cc1ccccc1Cl)C(=O)CN(c1cccc(C(F)(F)F)c1)S(=O)(=O)c1ccc(C)cc1. The molecule has 0 radical (unpaired) electrons. The highest BCUT2D eigenvalue weighted by atomic mass is 35.5. The third-order valence-corrected chi connectivity index (χ3v) is 9.19. The van der Waals surface area contributed by atoms with Gasteiger partial charge in [-0.05, 0) is 68.7 Å². The minimum absolute atomic E-state index is 0.133. The number of rotatable bonds is 12.